The lowest BCUT2D eigenvalue weighted by atomic mass is 9.91. The van der Waals surface area contributed by atoms with Gasteiger partial charge in [-0.3, -0.25) is 4.90 Å². The number of ether oxygens (including phenoxy) is 1. The molecule has 3 rings (SSSR count). The Labute approximate surface area is 111 Å². The highest BCUT2D eigenvalue weighted by Gasteiger charge is 2.43. The minimum atomic E-state index is 0.456. The lowest BCUT2D eigenvalue weighted by Crippen LogP contribution is -2.64. The molecule has 0 radical (unpaired) electrons. The van der Waals surface area contributed by atoms with Crippen LogP contribution in [-0.4, -0.2) is 48.8 Å². The predicted molar refractivity (Wildman–Crippen MR) is 73.8 cm³/mol. The average molecular weight is 252 g/mol. The zero-order valence-corrected chi connectivity index (χ0v) is 12.0. The Morgan fingerprint density at radius 3 is 2.67 bits per heavy atom. The molecule has 3 heteroatoms. The van der Waals surface area contributed by atoms with Gasteiger partial charge in [-0.1, -0.05) is 12.8 Å². The van der Waals surface area contributed by atoms with E-state index in [0.717, 1.165) is 6.04 Å². The van der Waals surface area contributed by atoms with Crippen molar-refractivity contribution in [3.63, 3.8) is 0 Å². The molecule has 1 heterocycles. The summed E-state index contributed by atoms with van der Waals surface area (Å²) in [7, 11) is 1.87. The molecule has 1 spiro atoms. The van der Waals surface area contributed by atoms with Crippen molar-refractivity contribution in [1.29, 1.82) is 0 Å². The molecule has 1 saturated heterocycles. The fraction of sp³-hybridized carbons (Fsp3) is 1.00. The molecule has 1 N–H and O–H groups in total. The standard InChI is InChI=1S/C15H28N2O/c1-12-10-16-15(7-3-4-8-15)11-17(12)13-5-6-14(9-13)18-2/h12-14,16H,3-11H2,1-2H3. The van der Waals surface area contributed by atoms with Gasteiger partial charge < -0.3 is 10.1 Å². The molecule has 3 fully saturated rings. The second kappa shape index (κ2) is 5.10. The maximum absolute atomic E-state index is 5.54. The maximum Gasteiger partial charge on any atom is 0.0586 e. The van der Waals surface area contributed by atoms with Gasteiger partial charge in [0.2, 0.25) is 0 Å². The Morgan fingerprint density at radius 1 is 1.22 bits per heavy atom. The highest BCUT2D eigenvalue weighted by molar-refractivity contribution is 5.02. The number of hydrogen-bond donors (Lipinski definition) is 1. The Balaban J connectivity index is 1.66. The van der Waals surface area contributed by atoms with Crippen molar-refractivity contribution in [2.45, 2.75) is 75.6 Å². The van der Waals surface area contributed by atoms with Crippen molar-refractivity contribution in [3.8, 4) is 0 Å². The van der Waals surface area contributed by atoms with Crippen LogP contribution >= 0.6 is 0 Å². The van der Waals surface area contributed by atoms with Crippen LogP contribution in [-0.2, 0) is 4.74 Å². The number of nitrogens with one attached hydrogen (secondary N) is 1. The lowest BCUT2D eigenvalue weighted by Gasteiger charge is -2.48. The fourth-order valence-electron chi connectivity index (χ4n) is 4.35. The van der Waals surface area contributed by atoms with Gasteiger partial charge in [0.25, 0.3) is 0 Å². The van der Waals surface area contributed by atoms with E-state index in [2.05, 4.69) is 17.1 Å². The van der Waals surface area contributed by atoms with Crippen LogP contribution in [0.1, 0.15) is 51.9 Å². The molecule has 104 valence electrons. The van der Waals surface area contributed by atoms with Gasteiger partial charge >= 0.3 is 0 Å². The SMILES string of the molecule is COC1CCC(N2CC3(CCCC3)NCC2C)C1. The Morgan fingerprint density at radius 2 is 2.00 bits per heavy atom. The number of piperazine rings is 1. The van der Waals surface area contributed by atoms with Crippen LogP contribution in [0.25, 0.3) is 0 Å². The van der Waals surface area contributed by atoms with Gasteiger partial charge in [0.1, 0.15) is 0 Å². The maximum atomic E-state index is 5.54. The zero-order valence-electron chi connectivity index (χ0n) is 12.0. The summed E-state index contributed by atoms with van der Waals surface area (Å²) in [4.78, 5) is 2.79. The van der Waals surface area contributed by atoms with Gasteiger partial charge in [0.15, 0.2) is 0 Å². The van der Waals surface area contributed by atoms with E-state index in [1.165, 1.54) is 58.0 Å². The molecule has 18 heavy (non-hydrogen) atoms. The second-order valence-electron chi connectivity index (χ2n) is 6.71. The van der Waals surface area contributed by atoms with Gasteiger partial charge in [0, 0.05) is 37.8 Å². The summed E-state index contributed by atoms with van der Waals surface area (Å²) >= 11 is 0. The average Bonchev–Trinajstić information content (AvgIpc) is 3.02. The highest BCUT2D eigenvalue weighted by Crippen LogP contribution is 2.36. The van der Waals surface area contributed by atoms with E-state index in [1.54, 1.807) is 0 Å². The first-order chi connectivity index (χ1) is 8.72. The molecule has 0 aromatic rings. The van der Waals surface area contributed by atoms with Gasteiger partial charge in [-0.05, 0) is 39.0 Å². The normalized spacial score (nSPS) is 40.7. The van der Waals surface area contributed by atoms with Gasteiger partial charge in [-0.25, -0.2) is 0 Å². The topological polar surface area (TPSA) is 24.5 Å². The van der Waals surface area contributed by atoms with E-state index in [-0.39, 0.29) is 0 Å². The van der Waals surface area contributed by atoms with Crippen molar-refractivity contribution >= 4 is 0 Å². The summed E-state index contributed by atoms with van der Waals surface area (Å²) < 4.78 is 5.54. The Hall–Kier alpha value is -0.120. The third-order valence-electron chi connectivity index (χ3n) is 5.54. The van der Waals surface area contributed by atoms with Crippen molar-refractivity contribution in [3.05, 3.63) is 0 Å². The van der Waals surface area contributed by atoms with Gasteiger partial charge in [-0.15, -0.1) is 0 Å². The van der Waals surface area contributed by atoms with Crippen molar-refractivity contribution < 1.29 is 4.74 Å². The number of methoxy groups -OCH3 is 1. The highest BCUT2D eigenvalue weighted by atomic mass is 16.5. The predicted octanol–water partition coefficient (Wildman–Crippen LogP) is 2.16. The lowest BCUT2D eigenvalue weighted by molar-refractivity contribution is 0.0410. The smallest absolute Gasteiger partial charge is 0.0586 e. The van der Waals surface area contributed by atoms with Crippen LogP contribution in [0.3, 0.4) is 0 Å². The molecule has 3 unspecified atom stereocenters. The molecule has 2 aliphatic carbocycles. The Bertz CT molecular complexity index is 288. The summed E-state index contributed by atoms with van der Waals surface area (Å²) in [5.41, 5.74) is 0.456. The molecule has 0 aromatic carbocycles. The summed E-state index contributed by atoms with van der Waals surface area (Å²) in [6, 6.07) is 1.46. The summed E-state index contributed by atoms with van der Waals surface area (Å²) in [5, 5.41) is 3.85. The monoisotopic (exact) mass is 252 g/mol. The van der Waals surface area contributed by atoms with E-state index in [1.807, 2.05) is 7.11 Å². The Kier molecular flexibility index (Phi) is 3.65. The fourth-order valence-corrected chi connectivity index (χ4v) is 4.35. The molecule has 0 bridgehead atoms. The first kappa shape index (κ1) is 12.9. The molecule has 2 saturated carbocycles. The molecular weight excluding hydrogens is 224 g/mol. The van der Waals surface area contributed by atoms with E-state index < -0.39 is 0 Å². The van der Waals surface area contributed by atoms with Crippen LogP contribution < -0.4 is 5.32 Å². The molecule has 1 aliphatic heterocycles. The van der Waals surface area contributed by atoms with Crippen LogP contribution in [0.2, 0.25) is 0 Å². The molecule has 3 atom stereocenters. The van der Waals surface area contributed by atoms with Crippen LogP contribution in [0.5, 0.6) is 0 Å². The zero-order chi connectivity index (χ0) is 12.6. The van der Waals surface area contributed by atoms with E-state index in [0.29, 0.717) is 17.7 Å². The van der Waals surface area contributed by atoms with Gasteiger partial charge in [0.05, 0.1) is 6.10 Å². The van der Waals surface area contributed by atoms with E-state index in [9.17, 15) is 0 Å². The molecule has 0 amide bonds. The van der Waals surface area contributed by atoms with Crippen molar-refractivity contribution in [1.82, 2.24) is 10.2 Å². The summed E-state index contributed by atoms with van der Waals surface area (Å²) in [5.74, 6) is 0. The third-order valence-corrected chi connectivity index (χ3v) is 5.54. The van der Waals surface area contributed by atoms with Gasteiger partial charge in [-0.2, -0.15) is 0 Å². The van der Waals surface area contributed by atoms with Crippen molar-refractivity contribution in [2.75, 3.05) is 20.2 Å². The number of rotatable bonds is 2. The molecular formula is C15H28N2O. The van der Waals surface area contributed by atoms with Crippen molar-refractivity contribution in [2.24, 2.45) is 0 Å². The molecule has 3 nitrogen and oxygen atoms in total. The first-order valence-electron chi connectivity index (χ1n) is 7.76. The van der Waals surface area contributed by atoms with Crippen LogP contribution in [0.15, 0.2) is 0 Å². The minimum Gasteiger partial charge on any atom is -0.381 e. The number of nitrogens with zero attached hydrogens (tertiary/aromatic N) is 1. The summed E-state index contributed by atoms with van der Waals surface area (Å²) in [6.45, 7) is 4.83. The largest absolute Gasteiger partial charge is 0.381 e. The third kappa shape index (κ3) is 2.33. The van der Waals surface area contributed by atoms with E-state index in [4.69, 9.17) is 4.74 Å². The summed E-state index contributed by atoms with van der Waals surface area (Å²) in [6.07, 6.45) is 9.95. The molecule has 0 aromatic heterocycles. The quantitative estimate of drug-likeness (QED) is 0.815. The van der Waals surface area contributed by atoms with E-state index >= 15 is 0 Å². The first-order valence-corrected chi connectivity index (χ1v) is 7.76. The number of hydrogen-bond acceptors (Lipinski definition) is 3. The van der Waals surface area contributed by atoms with Crippen LogP contribution in [0.4, 0.5) is 0 Å². The molecule has 3 aliphatic rings. The van der Waals surface area contributed by atoms with Crippen LogP contribution in [0, 0.1) is 0 Å². The minimum absolute atomic E-state index is 0.456. The second-order valence-corrected chi connectivity index (χ2v) is 6.71.